The number of aliphatic carboxylic acids is 2. The van der Waals surface area contributed by atoms with Crippen LogP contribution in [0.5, 0.6) is 0 Å². The number of nitrogens with two attached hydrogens (primary N) is 1. The van der Waals surface area contributed by atoms with Gasteiger partial charge in [-0.05, 0) is 38.8 Å². The highest BCUT2D eigenvalue weighted by molar-refractivity contribution is 5.94. The maximum Gasteiger partial charge on any atom is 0.490 e. The molecule has 2 heterocycles. The number of aromatic nitrogens is 3. The Balaban J connectivity index is 0.000000440. The van der Waals surface area contributed by atoms with Crippen molar-refractivity contribution < 1.29 is 55.5 Å². The van der Waals surface area contributed by atoms with E-state index in [2.05, 4.69) is 31.1 Å². The van der Waals surface area contributed by atoms with E-state index in [1.165, 1.54) is 0 Å². The topological polar surface area (TPSA) is 229 Å². The molecule has 0 aliphatic heterocycles. The lowest BCUT2D eigenvalue weighted by atomic mass is 9.90. The summed E-state index contributed by atoms with van der Waals surface area (Å²) < 4.78 is 68.6. The van der Waals surface area contributed by atoms with Crippen molar-refractivity contribution in [1.29, 1.82) is 5.41 Å². The van der Waals surface area contributed by atoms with Gasteiger partial charge in [-0.3, -0.25) is 15.5 Å². The van der Waals surface area contributed by atoms with E-state index in [9.17, 15) is 31.1 Å². The first kappa shape index (κ1) is 37.0. The van der Waals surface area contributed by atoms with Crippen LogP contribution in [0.4, 0.5) is 38.1 Å². The fraction of sp³-hybridized carbons (Fsp3) is 0.423. The molecule has 252 valence electrons. The van der Waals surface area contributed by atoms with Crippen molar-refractivity contribution in [3.05, 3.63) is 41.3 Å². The molecule has 2 unspecified atom stereocenters. The third-order valence-electron chi connectivity index (χ3n) is 6.03. The van der Waals surface area contributed by atoms with Crippen molar-refractivity contribution >= 4 is 46.5 Å². The molecule has 0 spiro atoms. The van der Waals surface area contributed by atoms with E-state index in [4.69, 9.17) is 35.5 Å². The van der Waals surface area contributed by atoms with E-state index in [1.807, 2.05) is 25.1 Å². The summed E-state index contributed by atoms with van der Waals surface area (Å²) in [4.78, 5) is 39.4. The fourth-order valence-corrected chi connectivity index (χ4v) is 4.09. The molecule has 2 atom stereocenters. The maximum absolute atomic E-state index is 12.5. The molecule has 0 bridgehead atoms. The van der Waals surface area contributed by atoms with E-state index in [0.29, 0.717) is 11.6 Å². The number of hydrogen-bond acceptors (Lipinski definition) is 9. The van der Waals surface area contributed by atoms with Crippen LogP contribution in [0.2, 0.25) is 0 Å². The number of anilines is 2. The van der Waals surface area contributed by atoms with Crippen LogP contribution in [0.15, 0.2) is 28.8 Å². The smallest absolute Gasteiger partial charge is 0.475 e. The average Bonchev–Trinajstić information content (AvgIpc) is 3.33. The van der Waals surface area contributed by atoms with Crippen LogP contribution in [0.1, 0.15) is 42.7 Å². The zero-order valence-electron chi connectivity index (χ0n) is 24.2. The van der Waals surface area contributed by atoms with Gasteiger partial charge in [0.1, 0.15) is 11.6 Å². The minimum Gasteiger partial charge on any atom is -0.475 e. The first-order valence-electron chi connectivity index (χ1n) is 13.2. The molecule has 3 aromatic rings. The SMILES string of the molecule is Cc1ccc2nc(NC(=O)Cc3cc(C)no3)nc(NC3CCCCC3NC(=N)N)c2c1.O=C(O)C(F)(F)F.O=C(O)C(F)(F)F. The van der Waals surface area contributed by atoms with Crippen LogP contribution in [-0.4, -0.2) is 73.6 Å². The number of carbonyl (C=O) groups excluding carboxylic acids is 1. The zero-order valence-corrected chi connectivity index (χ0v) is 24.2. The Labute approximate surface area is 256 Å². The van der Waals surface area contributed by atoms with E-state index in [-0.39, 0.29) is 36.3 Å². The Kier molecular flexibility index (Phi) is 12.6. The van der Waals surface area contributed by atoms with Crippen molar-refractivity contribution in [3.8, 4) is 0 Å². The average molecular weight is 665 g/mol. The summed E-state index contributed by atoms with van der Waals surface area (Å²) >= 11 is 0. The fourth-order valence-electron chi connectivity index (χ4n) is 4.09. The summed E-state index contributed by atoms with van der Waals surface area (Å²) in [5, 5.41) is 35.9. The van der Waals surface area contributed by atoms with Gasteiger partial charge in [0.25, 0.3) is 0 Å². The van der Waals surface area contributed by atoms with Crippen LogP contribution in [0, 0.1) is 19.3 Å². The van der Waals surface area contributed by atoms with E-state index < -0.39 is 24.3 Å². The third kappa shape index (κ3) is 12.1. The Morgan fingerprint density at radius 1 is 0.978 bits per heavy atom. The standard InChI is InChI=1S/C22H28N8O2.2C2HF3O2/c1-12-7-8-16-15(9-12)20(25-17-5-3-4-6-18(17)26-21(23)24)29-22(27-16)28-19(31)11-14-10-13(2)30-32-14;2*3-2(4,5)1(6)7/h7-10,17-18H,3-6,11H2,1-2H3,(H4,23,24,26)(H2,25,27,28,29,31);2*(H,6,7). The Morgan fingerprint density at radius 2 is 1.54 bits per heavy atom. The Morgan fingerprint density at radius 3 is 2.04 bits per heavy atom. The van der Waals surface area contributed by atoms with Gasteiger partial charge < -0.3 is 31.1 Å². The number of nitrogens with one attached hydrogen (secondary N) is 4. The summed E-state index contributed by atoms with van der Waals surface area (Å²) in [5.74, 6) is -4.49. The largest absolute Gasteiger partial charge is 0.490 e. The Hall–Kier alpha value is -5.17. The highest BCUT2D eigenvalue weighted by Gasteiger charge is 2.39. The number of hydrogen-bond donors (Lipinski definition) is 7. The summed E-state index contributed by atoms with van der Waals surface area (Å²) in [6.07, 6.45) is -6.12. The van der Waals surface area contributed by atoms with Crippen molar-refractivity contribution in [2.75, 3.05) is 10.6 Å². The molecule has 1 fully saturated rings. The van der Waals surface area contributed by atoms with Crippen LogP contribution in [-0.2, 0) is 20.8 Å². The third-order valence-corrected chi connectivity index (χ3v) is 6.03. The van der Waals surface area contributed by atoms with Gasteiger partial charge in [0.2, 0.25) is 11.9 Å². The summed E-state index contributed by atoms with van der Waals surface area (Å²) in [6.45, 7) is 3.82. The summed E-state index contributed by atoms with van der Waals surface area (Å²) in [7, 11) is 0. The second-order valence-electron chi connectivity index (χ2n) is 9.88. The van der Waals surface area contributed by atoms with Gasteiger partial charge >= 0.3 is 24.3 Å². The van der Waals surface area contributed by atoms with Crippen molar-refractivity contribution in [2.45, 2.75) is 70.4 Å². The van der Waals surface area contributed by atoms with Crippen molar-refractivity contribution in [3.63, 3.8) is 0 Å². The van der Waals surface area contributed by atoms with Crippen LogP contribution >= 0.6 is 0 Å². The number of carboxylic acid groups (broad SMARTS) is 2. The van der Waals surface area contributed by atoms with Gasteiger partial charge in [-0.15, -0.1) is 0 Å². The number of fused-ring (bicyclic) bond motifs is 1. The van der Waals surface area contributed by atoms with Crippen molar-refractivity contribution in [2.24, 2.45) is 5.73 Å². The number of nitrogens with zero attached hydrogens (tertiary/aromatic N) is 3. The number of alkyl halides is 6. The van der Waals surface area contributed by atoms with Gasteiger partial charge in [0, 0.05) is 23.5 Å². The number of carbonyl (C=O) groups is 3. The van der Waals surface area contributed by atoms with Crippen molar-refractivity contribution in [1.82, 2.24) is 20.4 Å². The summed E-state index contributed by atoms with van der Waals surface area (Å²) in [5.41, 5.74) is 8.13. The van der Waals surface area contributed by atoms with E-state index in [1.54, 1.807) is 13.0 Å². The van der Waals surface area contributed by atoms with Gasteiger partial charge in [-0.25, -0.2) is 14.6 Å². The molecule has 1 aromatic carbocycles. The quantitative estimate of drug-likeness (QED) is 0.113. The number of halogens is 6. The molecule has 20 heteroatoms. The van der Waals surface area contributed by atoms with Gasteiger partial charge in [-0.1, -0.05) is 29.6 Å². The Bertz CT molecular complexity index is 1520. The van der Waals surface area contributed by atoms with Gasteiger partial charge in [0.05, 0.1) is 17.6 Å². The summed E-state index contributed by atoms with van der Waals surface area (Å²) in [6, 6.07) is 7.72. The lowest BCUT2D eigenvalue weighted by Crippen LogP contribution is -2.50. The second kappa shape index (κ2) is 15.7. The lowest BCUT2D eigenvalue weighted by molar-refractivity contribution is -0.193. The molecule has 4 rings (SSSR count). The van der Waals surface area contributed by atoms with Crippen LogP contribution in [0.25, 0.3) is 10.9 Å². The number of rotatable bonds is 6. The van der Waals surface area contributed by atoms with E-state index >= 15 is 0 Å². The molecule has 1 saturated carbocycles. The molecule has 1 aliphatic carbocycles. The molecular weight excluding hydrogens is 634 g/mol. The molecule has 1 amide bonds. The molecule has 2 aromatic heterocycles. The first-order valence-corrected chi connectivity index (χ1v) is 13.2. The van der Waals surface area contributed by atoms with E-state index in [0.717, 1.165) is 47.8 Å². The molecular formula is C26H30F6N8O6. The van der Waals surface area contributed by atoms with Gasteiger partial charge in [0.15, 0.2) is 5.96 Å². The monoisotopic (exact) mass is 664 g/mol. The highest BCUT2D eigenvalue weighted by atomic mass is 19.4. The molecule has 46 heavy (non-hydrogen) atoms. The zero-order chi connectivity index (χ0) is 34.8. The lowest BCUT2D eigenvalue weighted by Gasteiger charge is -2.33. The number of guanidine groups is 1. The highest BCUT2D eigenvalue weighted by Crippen LogP contribution is 2.28. The predicted molar refractivity (Wildman–Crippen MR) is 150 cm³/mol. The first-order chi connectivity index (χ1) is 21.3. The van der Waals surface area contributed by atoms with Crippen LogP contribution in [0.3, 0.4) is 0 Å². The molecule has 0 saturated heterocycles. The number of carboxylic acids is 2. The molecule has 0 radical (unpaired) electrons. The number of amides is 1. The predicted octanol–water partition coefficient (Wildman–Crippen LogP) is 3.89. The molecule has 1 aliphatic rings. The molecule has 8 N–H and O–H groups in total. The minimum absolute atomic E-state index is 0.0313. The maximum atomic E-state index is 12.5. The van der Waals surface area contributed by atoms with Crippen LogP contribution < -0.4 is 21.7 Å². The minimum atomic E-state index is -5.08. The normalized spacial score (nSPS) is 16.2. The number of aryl methyl sites for hydroxylation is 2. The molecule has 14 nitrogen and oxygen atoms in total. The number of benzene rings is 1. The van der Waals surface area contributed by atoms with Gasteiger partial charge in [-0.2, -0.15) is 31.3 Å². The second-order valence-corrected chi connectivity index (χ2v) is 9.88.